The molecule has 27 heavy (non-hydrogen) atoms. The summed E-state index contributed by atoms with van der Waals surface area (Å²) in [6, 6.07) is 9.30. The van der Waals surface area contributed by atoms with Gasteiger partial charge in [0, 0.05) is 26.1 Å². The smallest absolute Gasteiger partial charge is 0.229 e. The number of rotatable bonds is 5. The minimum Gasteiger partial charge on any atom is -0.493 e. The van der Waals surface area contributed by atoms with Crippen LogP contribution in [0.3, 0.4) is 0 Å². The maximum atomic E-state index is 13.7. The fourth-order valence-electron chi connectivity index (χ4n) is 2.94. The molecule has 6 nitrogen and oxygen atoms in total. The standard InChI is InChI=1S/C20H21FN2O4/c1-12-4-6-17(18(8-12)26-3)27-16-7-5-14(21)10-15(16)22-20(25)13-9-19(24)23(2)11-13/h4-8,10,13H,9,11H2,1-3H3,(H,22,25)/t13-/m0/s1. The summed E-state index contributed by atoms with van der Waals surface area (Å²) in [4.78, 5) is 25.7. The topological polar surface area (TPSA) is 67.9 Å². The lowest BCUT2D eigenvalue weighted by Crippen LogP contribution is -2.25. The molecular formula is C20H21FN2O4. The van der Waals surface area contributed by atoms with E-state index in [9.17, 15) is 14.0 Å². The Labute approximate surface area is 156 Å². The molecule has 1 aliphatic heterocycles. The molecule has 1 saturated heterocycles. The molecule has 7 heteroatoms. The van der Waals surface area contributed by atoms with E-state index in [0.717, 1.165) is 5.56 Å². The second-order valence-electron chi connectivity index (χ2n) is 6.56. The number of aryl methyl sites for hydroxylation is 1. The number of hydrogen-bond donors (Lipinski definition) is 1. The Morgan fingerprint density at radius 1 is 1.19 bits per heavy atom. The number of carbonyl (C=O) groups is 2. The van der Waals surface area contributed by atoms with Crippen molar-refractivity contribution >= 4 is 17.5 Å². The highest BCUT2D eigenvalue weighted by Gasteiger charge is 2.32. The van der Waals surface area contributed by atoms with E-state index in [0.29, 0.717) is 18.0 Å². The number of methoxy groups -OCH3 is 1. The van der Waals surface area contributed by atoms with Crippen molar-refractivity contribution in [1.82, 2.24) is 4.90 Å². The molecule has 1 aliphatic rings. The largest absolute Gasteiger partial charge is 0.493 e. The van der Waals surface area contributed by atoms with Gasteiger partial charge in [-0.2, -0.15) is 0 Å². The van der Waals surface area contributed by atoms with Gasteiger partial charge in [0.15, 0.2) is 17.2 Å². The van der Waals surface area contributed by atoms with E-state index in [-0.39, 0.29) is 29.7 Å². The second-order valence-corrected chi connectivity index (χ2v) is 6.56. The van der Waals surface area contributed by atoms with Crippen LogP contribution in [0.2, 0.25) is 0 Å². The Kier molecular flexibility index (Phi) is 5.30. The molecule has 1 heterocycles. The Morgan fingerprint density at radius 3 is 2.59 bits per heavy atom. The van der Waals surface area contributed by atoms with Crippen molar-refractivity contribution in [3.05, 3.63) is 47.8 Å². The zero-order chi connectivity index (χ0) is 19.6. The SMILES string of the molecule is COc1cc(C)ccc1Oc1ccc(F)cc1NC(=O)[C@H]1CC(=O)N(C)C1. The number of ether oxygens (including phenoxy) is 2. The van der Waals surface area contributed by atoms with Gasteiger partial charge in [0.2, 0.25) is 11.8 Å². The average molecular weight is 372 g/mol. The number of likely N-dealkylation sites (tertiary alicyclic amines) is 1. The first kappa shape index (κ1) is 18.7. The second kappa shape index (κ2) is 7.65. The van der Waals surface area contributed by atoms with Gasteiger partial charge in [-0.1, -0.05) is 6.07 Å². The Hall–Kier alpha value is -3.09. The van der Waals surface area contributed by atoms with Crippen LogP contribution in [0.25, 0.3) is 0 Å². The lowest BCUT2D eigenvalue weighted by Gasteiger charge is -2.16. The van der Waals surface area contributed by atoms with Crippen LogP contribution in [0, 0.1) is 18.7 Å². The lowest BCUT2D eigenvalue weighted by atomic mass is 10.1. The lowest BCUT2D eigenvalue weighted by molar-refractivity contribution is -0.127. The maximum Gasteiger partial charge on any atom is 0.229 e. The van der Waals surface area contributed by atoms with Crippen molar-refractivity contribution in [1.29, 1.82) is 0 Å². The molecule has 0 spiro atoms. The molecule has 2 aromatic carbocycles. The van der Waals surface area contributed by atoms with Gasteiger partial charge in [0.25, 0.3) is 0 Å². The number of amides is 2. The molecule has 1 fully saturated rings. The van der Waals surface area contributed by atoms with Gasteiger partial charge in [0.1, 0.15) is 5.82 Å². The average Bonchev–Trinajstić information content (AvgIpc) is 2.97. The highest BCUT2D eigenvalue weighted by Crippen LogP contribution is 2.36. The van der Waals surface area contributed by atoms with Crippen LogP contribution in [0.1, 0.15) is 12.0 Å². The van der Waals surface area contributed by atoms with E-state index in [4.69, 9.17) is 9.47 Å². The molecule has 0 bridgehead atoms. The highest BCUT2D eigenvalue weighted by molar-refractivity contribution is 5.98. The van der Waals surface area contributed by atoms with Crippen LogP contribution in [0.4, 0.5) is 10.1 Å². The summed E-state index contributed by atoms with van der Waals surface area (Å²) in [7, 11) is 3.18. The summed E-state index contributed by atoms with van der Waals surface area (Å²) in [6.45, 7) is 2.26. The highest BCUT2D eigenvalue weighted by atomic mass is 19.1. The van der Waals surface area contributed by atoms with Crippen molar-refractivity contribution in [2.45, 2.75) is 13.3 Å². The van der Waals surface area contributed by atoms with Crippen molar-refractivity contribution in [3.8, 4) is 17.2 Å². The molecule has 0 aromatic heterocycles. The molecule has 1 N–H and O–H groups in total. The number of anilines is 1. The zero-order valence-corrected chi connectivity index (χ0v) is 15.4. The van der Waals surface area contributed by atoms with Gasteiger partial charge in [-0.05, 0) is 36.8 Å². The molecule has 142 valence electrons. The van der Waals surface area contributed by atoms with Gasteiger partial charge in [-0.3, -0.25) is 9.59 Å². The monoisotopic (exact) mass is 372 g/mol. The van der Waals surface area contributed by atoms with Gasteiger partial charge in [0.05, 0.1) is 18.7 Å². The predicted octanol–water partition coefficient (Wildman–Crippen LogP) is 3.35. The molecule has 2 aromatic rings. The zero-order valence-electron chi connectivity index (χ0n) is 15.4. The number of nitrogens with zero attached hydrogens (tertiary/aromatic N) is 1. The summed E-state index contributed by atoms with van der Waals surface area (Å²) in [5.74, 6) is -0.167. The van der Waals surface area contributed by atoms with Crippen LogP contribution in [-0.2, 0) is 9.59 Å². The summed E-state index contributed by atoms with van der Waals surface area (Å²) in [5, 5.41) is 2.68. The number of benzene rings is 2. The third kappa shape index (κ3) is 4.19. The van der Waals surface area contributed by atoms with Gasteiger partial charge >= 0.3 is 0 Å². The minimum absolute atomic E-state index is 0.0877. The van der Waals surface area contributed by atoms with Crippen molar-refractivity contribution in [2.75, 3.05) is 26.0 Å². The number of halogens is 1. The summed E-state index contributed by atoms with van der Waals surface area (Å²) >= 11 is 0. The molecule has 0 unspecified atom stereocenters. The van der Waals surface area contributed by atoms with Crippen LogP contribution in [-0.4, -0.2) is 37.4 Å². The summed E-state index contributed by atoms with van der Waals surface area (Å²) < 4.78 is 24.9. The van der Waals surface area contributed by atoms with Gasteiger partial charge < -0.3 is 19.7 Å². The number of hydrogen-bond acceptors (Lipinski definition) is 4. The normalized spacial score (nSPS) is 16.4. The first-order valence-electron chi connectivity index (χ1n) is 8.54. The number of nitrogens with one attached hydrogen (secondary N) is 1. The fraction of sp³-hybridized carbons (Fsp3) is 0.300. The summed E-state index contributed by atoms with van der Waals surface area (Å²) in [6.07, 6.45) is 0.139. The van der Waals surface area contributed by atoms with E-state index in [1.165, 1.54) is 30.2 Å². The van der Waals surface area contributed by atoms with Crippen molar-refractivity contribution in [3.63, 3.8) is 0 Å². The van der Waals surface area contributed by atoms with E-state index >= 15 is 0 Å². The van der Waals surface area contributed by atoms with Crippen LogP contribution < -0.4 is 14.8 Å². The molecule has 0 aliphatic carbocycles. The third-order valence-electron chi connectivity index (χ3n) is 4.45. The van der Waals surface area contributed by atoms with E-state index in [1.807, 2.05) is 19.1 Å². The van der Waals surface area contributed by atoms with Crippen LogP contribution in [0.15, 0.2) is 36.4 Å². The van der Waals surface area contributed by atoms with Gasteiger partial charge in [-0.15, -0.1) is 0 Å². The van der Waals surface area contributed by atoms with Crippen LogP contribution in [0.5, 0.6) is 17.2 Å². The maximum absolute atomic E-state index is 13.7. The van der Waals surface area contributed by atoms with E-state index < -0.39 is 11.7 Å². The first-order valence-corrected chi connectivity index (χ1v) is 8.54. The molecular weight excluding hydrogens is 351 g/mol. The fourth-order valence-corrected chi connectivity index (χ4v) is 2.94. The third-order valence-corrected chi connectivity index (χ3v) is 4.45. The quantitative estimate of drug-likeness (QED) is 0.874. The Bertz CT molecular complexity index is 884. The summed E-state index contributed by atoms with van der Waals surface area (Å²) in [5.41, 5.74) is 1.20. The molecule has 2 amide bonds. The Balaban J connectivity index is 1.83. The van der Waals surface area contributed by atoms with Crippen molar-refractivity contribution < 1.29 is 23.5 Å². The van der Waals surface area contributed by atoms with Crippen LogP contribution >= 0.6 is 0 Å². The molecule has 0 radical (unpaired) electrons. The molecule has 0 saturated carbocycles. The molecule has 3 rings (SSSR count). The number of carbonyl (C=O) groups excluding carboxylic acids is 2. The van der Waals surface area contributed by atoms with Crippen molar-refractivity contribution in [2.24, 2.45) is 5.92 Å². The molecule has 1 atom stereocenters. The van der Waals surface area contributed by atoms with E-state index in [2.05, 4.69) is 5.32 Å². The first-order chi connectivity index (χ1) is 12.9. The van der Waals surface area contributed by atoms with E-state index in [1.54, 1.807) is 13.1 Å². The minimum atomic E-state index is -0.506. The van der Waals surface area contributed by atoms with Gasteiger partial charge in [-0.25, -0.2) is 4.39 Å². The predicted molar refractivity (Wildman–Crippen MR) is 98.6 cm³/mol. The Morgan fingerprint density at radius 2 is 1.93 bits per heavy atom.